The number of carbonyl (C=O) groups is 1. The summed E-state index contributed by atoms with van der Waals surface area (Å²) in [5.41, 5.74) is 2.78. The third kappa shape index (κ3) is 5.70. The molecule has 1 heterocycles. The van der Waals surface area contributed by atoms with Crippen molar-refractivity contribution in [2.45, 2.75) is 18.0 Å². The number of imidazole rings is 1. The Morgan fingerprint density at radius 1 is 1.03 bits per heavy atom. The summed E-state index contributed by atoms with van der Waals surface area (Å²) >= 11 is 0. The Bertz CT molecular complexity index is 1400. The molecule has 9 heteroatoms. The van der Waals surface area contributed by atoms with Crippen LogP contribution in [0.5, 0.6) is 5.75 Å². The molecule has 0 unspecified atom stereocenters. The van der Waals surface area contributed by atoms with Gasteiger partial charge in [0.05, 0.1) is 24.0 Å². The second-order valence-electron chi connectivity index (χ2n) is 7.94. The Hall–Kier alpha value is -4.11. The summed E-state index contributed by atoms with van der Waals surface area (Å²) in [5, 5.41) is 2.87. The molecule has 0 saturated carbocycles. The lowest BCUT2D eigenvalue weighted by Gasteiger charge is -2.20. The monoisotopic (exact) mass is 490 g/mol. The summed E-state index contributed by atoms with van der Waals surface area (Å²) in [6.07, 6.45) is 5.37. The Balaban J connectivity index is 1.45. The van der Waals surface area contributed by atoms with Gasteiger partial charge in [0.15, 0.2) is 0 Å². The minimum Gasteiger partial charge on any atom is -0.497 e. The molecule has 8 nitrogen and oxygen atoms in total. The van der Waals surface area contributed by atoms with Crippen LogP contribution in [0.15, 0.2) is 96.4 Å². The summed E-state index contributed by atoms with van der Waals surface area (Å²) in [7, 11) is -0.841. The number of nitrogens with one attached hydrogen (secondary N) is 1. The Kier molecular flexibility index (Phi) is 7.17. The highest BCUT2D eigenvalue weighted by Gasteiger charge is 2.22. The van der Waals surface area contributed by atoms with E-state index in [-0.39, 0.29) is 16.4 Å². The molecule has 0 aliphatic rings. The molecule has 3 aromatic carbocycles. The molecule has 35 heavy (non-hydrogen) atoms. The van der Waals surface area contributed by atoms with E-state index in [1.54, 1.807) is 56.0 Å². The highest BCUT2D eigenvalue weighted by atomic mass is 32.2. The molecule has 4 aromatic rings. The van der Waals surface area contributed by atoms with Crippen LogP contribution in [0.3, 0.4) is 0 Å². The van der Waals surface area contributed by atoms with Gasteiger partial charge in [-0.1, -0.05) is 30.3 Å². The van der Waals surface area contributed by atoms with E-state index in [0.29, 0.717) is 24.5 Å². The van der Waals surface area contributed by atoms with Crippen molar-refractivity contribution in [3.8, 4) is 5.75 Å². The van der Waals surface area contributed by atoms with Crippen LogP contribution in [-0.2, 0) is 23.1 Å². The molecule has 1 amide bonds. The maximum atomic E-state index is 13.2. The van der Waals surface area contributed by atoms with Gasteiger partial charge in [-0.15, -0.1) is 0 Å². The molecule has 0 aliphatic carbocycles. The van der Waals surface area contributed by atoms with Gasteiger partial charge in [-0.05, 0) is 53.6 Å². The van der Waals surface area contributed by atoms with E-state index in [1.165, 1.54) is 23.5 Å². The van der Waals surface area contributed by atoms with Crippen molar-refractivity contribution in [3.63, 3.8) is 0 Å². The molecule has 180 valence electrons. The number of ether oxygens (including phenoxy) is 1. The number of anilines is 1. The van der Waals surface area contributed by atoms with Crippen LogP contribution < -0.4 is 14.4 Å². The lowest BCUT2D eigenvalue weighted by Crippen LogP contribution is -2.27. The van der Waals surface area contributed by atoms with Crippen molar-refractivity contribution in [2.75, 3.05) is 18.5 Å². The van der Waals surface area contributed by atoms with Crippen molar-refractivity contribution in [3.05, 3.63) is 108 Å². The molecule has 0 saturated heterocycles. The SMILES string of the molecule is COc1ccc(N(C)S(=O)(=O)c2cccc(C(=O)NCc3cccc(Cn4ccnc4)c3)c2)cc1. The number of rotatable bonds is 9. The van der Waals surface area contributed by atoms with Crippen LogP contribution in [0.1, 0.15) is 21.5 Å². The zero-order chi connectivity index (χ0) is 24.8. The average Bonchev–Trinajstić information content (AvgIpc) is 3.40. The van der Waals surface area contributed by atoms with Gasteiger partial charge in [-0.3, -0.25) is 9.10 Å². The third-order valence-electron chi connectivity index (χ3n) is 5.56. The number of hydrogen-bond acceptors (Lipinski definition) is 5. The topological polar surface area (TPSA) is 93.5 Å². The van der Waals surface area contributed by atoms with Crippen molar-refractivity contribution in [1.29, 1.82) is 0 Å². The Morgan fingerprint density at radius 2 is 1.77 bits per heavy atom. The smallest absolute Gasteiger partial charge is 0.264 e. The maximum Gasteiger partial charge on any atom is 0.264 e. The molecule has 0 aliphatic heterocycles. The van der Waals surface area contributed by atoms with E-state index in [1.807, 2.05) is 35.0 Å². The van der Waals surface area contributed by atoms with Crippen LogP contribution >= 0.6 is 0 Å². The van der Waals surface area contributed by atoms with Gasteiger partial charge in [0.25, 0.3) is 15.9 Å². The summed E-state index contributed by atoms with van der Waals surface area (Å²) < 4.78 is 34.6. The molecule has 0 fully saturated rings. The van der Waals surface area contributed by atoms with Crippen LogP contribution in [0, 0.1) is 0 Å². The first-order chi connectivity index (χ1) is 16.9. The first-order valence-electron chi connectivity index (χ1n) is 10.9. The molecule has 0 spiro atoms. The number of aromatic nitrogens is 2. The van der Waals surface area contributed by atoms with Crippen molar-refractivity contribution in [1.82, 2.24) is 14.9 Å². The van der Waals surface area contributed by atoms with Crippen molar-refractivity contribution >= 4 is 21.6 Å². The van der Waals surface area contributed by atoms with E-state index in [9.17, 15) is 13.2 Å². The summed E-state index contributed by atoms with van der Waals surface area (Å²) in [4.78, 5) is 16.9. The molecule has 0 radical (unpaired) electrons. The summed E-state index contributed by atoms with van der Waals surface area (Å²) in [6, 6.07) is 20.6. The largest absolute Gasteiger partial charge is 0.497 e. The van der Waals surface area contributed by atoms with Crippen molar-refractivity contribution in [2.24, 2.45) is 0 Å². The number of methoxy groups -OCH3 is 1. The standard InChI is InChI=1S/C26H26N4O4S/c1-29(23-9-11-24(34-2)12-10-23)35(32,33)25-8-4-7-22(16-25)26(31)28-17-20-5-3-6-21(15-20)18-30-14-13-27-19-30/h3-16,19H,17-18H2,1-2H3,(H,28,31). The van der Waals surface area contributed by atoms with Gasteiger partial charge >= 0.3 is 0 Å². The van der Waals surface area contributed by atoms with Gasteiger partial charge in [-0.25, -0.2) is 13.4 Å². The third-order valence-corrected chi connectivity index (χ3v) is 7.34. The predicted molar refractivity (Wildman–Crippen MR) is 134 cm³/mol. The van der Waals surface area contributed by atoms with Crippen molar-refractivity contribution < 1.29 is 17.9 Å². The second-order valence-corrected chi connectivity index (χ2v) is 9.91. The zero-order valence-corrected chi connectivity index (χ0v) is 20.3. The first-order valence-corrected chi connectivity index (χ1v) is 12.4. The van der Waals surface area contributed by atoms with Gasteiger partial charge in [0.2, 0.25) is 0 Å². The highest BCUT2D eigenvalue weighted by Crippen LogP contribution is 2.24. The second kappa shape index (κ2) is 10.4. The van der Waals surface area contributed by atoms with Crippen LogP contribution in [0.25, 0.3) is 0 Å². The van der Waals surface area contributed by atoms with Crippen LogP contribution in [0.2, 0.25) is 0 Å². The Labute approximate surface area is 204 Å². The molecular weight excluding hydrogens is 464 g/mol. The van der Waals surface area contributed by atoms with Gasteiger partial charge in [0.1, 0.15) is 5.75 Å². The lowest BCUT2D eigenvalue weighted by molar-refractivity contribution is 0.0950. The normalized spacial score (nSPS) is 11.1. The minimum absolute atomic E-state index is 0.0331. The molecule has 1 aromatic heterocycles. The fourth-order valence-electron chi connectivity index (χ4n) is 3.60. The predicted octanol–water partition coefficient (Wildman–Crippen LogP) is 3.70. The van der Waals surface area contributed by atoms with Gasteiger partial charge in [0, 0.05) is 38.1 Å². The fraction of sp³-hybridized carbons (Fsp3) is 0.154. The van der Waals surface area contributed by atoms with Crippen LogP contribution in [0.4, 0.5) is 5.69 Å². The lowest BCUT2D eigenvalue weighted by atomic mass is 10.1. The average molecular weight is 491 g/mol. The van der Waals surface area contributed by atoms with Crippen LogP contribution in [-0.4, -0.2) is 38.0 Å². The molecule has 4 rings (SSSR count). The number of nitrogens with zero attached hydrogens (tertiary/aromatic N) is 3. The number of hydrogen-bond donors (Lipinski definition) is 1. The molecule has 0 atom stereocenters. The molecule has 1 N–H and O–H groups in total. The molecular formula is C26H26N4O4S. The summed E-state index contributed by atoms with van der Waals surface area (Å²) in [6.45, 7) is 1.00. The number of sulfonamides is 1. The van der Waals surface area contributed by atoms with E-state index in [2.05, 4.69) is 10.3 Å². The zero-order valence-electron chi connectivity index (χ0n) is 19.5. The summed E-state index contributed by atoms with van der Waals surface area (Å²) in [5.74, 6) is 0.277. The number of carbonyl (C=O) groups excluding carboxylic acids is 1. The van der Waals surface area contributed by atoms with E-state index >= 15 is 0 Å². The van der Waals surface area contributed by atoms with Gasteiger partial charge in [-0.2, -0.15) is 0 Å². The first kappa shape index (κ1) is 24.0. The highest BCUT2D eigenvalue weighted by molar-refractivity contribution is 7.92. The van der Waals surface area contributed by atoms with Gasteiger partial charge < -0.3 is 14.6 Å². The maximum absolute atomic E-state index is 13.2. The number of amides is 1. The fourth-order valence-corrected chi connectivity index (χ4v) is 4.84. The number of benzene rings is 3. The van der Waals surface area contributed by atoms with E-state index in [0.717, 1.165) is 11.1 Å². The quantitative estimate of drug-likeness (QED) is 0.386. The van der Waals surface area contributed by atoms with E-state index in [4.69, 9.17) is 4.74 Å². The Morgan fingerprint density at radius 3 is 2.49 bits per heavy atom. The molecule has 0 bridgehead atoms. The van der Waals surface area contributed by atoms with E-state index < -0.39 is 10.0 Å². The minimum atomic E-state index is -3.86.